The van der Waals surface area contributed by atoms with Crippen molar-refractivity contribution < 1.29 is 0 Å². The number of nitrogens with one attached hydrogen (secondary N) is 1. The number of aryl methyl sites for hydroxylation is 1. The number of fused-ring (bicyclic) bond motifs is 1. The van der Waals surface area contributed by atoms with E-state index in [1.54, 1.807) is 4.52 Å². The number of hydrogen-bond acceptors (Lipinski definition) is 3. The topological polar surface area (TPSA) is 42.2 Å². The maximum atomic E-state index is 4.38. The molecule has 0 saturated carbocycles. The molecule has 0 bridgehead atoms. The molecule has 0 amide bonds. The molecular formula is C12H16N4. The fourth-order valence-electron chi connectivity index (χ4n) is 1.58. The van der Waals surface area contributed by atoms with Gasteiger partial charge in [-0.15, -0.1) is 11.7 Å². The van der Waals surface area contributed by atoms with Crippen molar-refractivity contribution in [1.82, 2.24) is 14.6 Å². The Morgan fingerprint density at radius 3 is 3.12 bits per heavy atom. The molecule has 1 atom stereocenters. The molecule has 0 spiro atoms. The summed E-state index contributed by atoms with van der Waals surface area (Å²) >= 11 is 0. The smallest absolute Gasteiger partial charge is 0.243 e. The summed E-state index contributed by atoms with van der Waals surface area (Å²) in [5, 5.41) is 7.59. The number of aromatic nitrogens is 3. The van der Waals surface area contributed by atoms with Crippen molar-refractivity contribution in [2.24, 2.45) is 0 Å². The molecule has 0 aliphatic carbocycles. The lowest BCUT2D eigenvalue weighted by Crippen LogP contribution is -2.14. The van der Waals surface area contributed by atoms with E-state index in [0.29, 0.717) is 12.0 Å². The summed E-state index contributed by atoms with van der Waals surface area (Å²) in [5.41, 5.74) is 2.03. The maximum absolute atomic E-state index is 4.38. The normalized spacial score (nSPS) is 12.6. The highest BCUT2D eigenvalue weighted by Crippen LogP contribution is 2.08. The van der Waals surface area contributed by atoms with E-state index < -0.39 is 0 Å². The largest absolute Gasteiger partial charge is 0.350 e. The van der Waals surface area contributed by atoms with Crippen LogP contribution in [0.5, 0.6) is 0 Å². The van der Waals surface area contributed by atoms with Gasteiger partial charge in [0, 0.05) is 12.2 Å². The van der Waals surface area contributed by atoms with Gasteiger partial charge >= 0.3 is 0 Å². The second-order valence-electron chi connectivity index (χ2n) is 4.01. The minimum absolute atomic E-state index is 0.302. The molecule has 2 rings (SSSR count). The van der Waals surface area contributed by atoms with Gasteiger partial charge in [-0.1, -0.05) is 12.1 Å². The summed E-state index contributed by atoms with van der Waals surface area (Å²) in [4.78, 5) is 4.38. The predicted octanol–water partition coefficient (Wildman–Crippen LogP) is 2.41. The first-order valence-corrected chi connectivity index (χ1v) is 5.39. The zero-order valence-electron chi connectivity index (χ0n) is 9.64. The predicted molar refractivity (Wildman–Crippen MR) is 65.6 cm³/mol. The number of hydrogen-bond donors (Lipinski definition) is 1. The molecule has 0 saturated heterocycles. The molecular weight excluding hydrogens is 200 g/mol. The van der Waals surface area contributed by atoms with Crippen LogP contribution < -0.4 is 5.32 Å². The van der Waals surface area contributed by atoms with Gasteiger partial charge in [-0.05, 0) is 31.9 Å². The molecule has 1 N–H and O–H groups in total. The minimum atomic E-state index is 0.302. The Morgan fingerprint density at radius 1 is 1.56 bits per heavy atom. The van der Waals surface area contributed by atoms with Crippen LogP contribution in [0.3, 0.4) is 0 Å². The Hall–Kier alpha value is -1.84. The van der Waals surface area contributed by atoms with Crippen molar-refractivity contribution in [1.29, 1.82) is 0 Å². The Labute approximate surface area is 95.0 Å². The number of pyridine rings is 1. The Kier molecular flexibility index (Phi) is 2.90. The van der Waals surface area contributed by atoms with Crippen molar-refractivity contribution in [3.05, 3.63) is 36.5 Å². The zero-order valence-corrected chi connectivity index (χ0v) is 9.64. The van der Waals surface area contributed by atoms with Gasteiger partial charge in [-0.2, -0.15) is 4.98 Å². The van der Waals surface area contributed by atoms with E-state index in [2.05, 4.69) is 28.9 Å². The van der Waals surface area contributed by atoms with Crippen LogP contribution >= 0.6 is 0 Å². The van der Waals surface area contributed by atoms with Crippen molar-refractivity contribution in [3.8, 4) is 0 Å². The van der Waals surface area contributed by atoms with Crippen LogP contribution in [0.25, 0.3) is 5.65 Å². The third kappa shape index (κ3) is 2.21. The van der Waals surface area contributed by atoms with Crippen molar-refractivity contribution in [2.75, 3.05) is 5.32 Å². The quantitative estimate of drug-likeness (QED) is 0.798. The summed E-state index contributed by atoms with van der Waals surface area (Å²) < 4.78 is 1.79. The first-order chi connectivity index (χ1) is 7.69. The van der Waals surface area contributed by atoms with Gasteiger partial charge in [0.2, 0.25) is 5.95 Å². The summed E-state index contributed by atoms with van der Waals surface area (Å²) in [5.74, 6) is 0.667. The third-order valence-electron chi connectivity index (χ3n) is 2.37. The Balaban J connectivity index is 2.22. The molecule has 84 valence electrons. The van der Waals surface area contributed by atoms with E-state index in [0.717, 1.165) is 12.1 Å². The molecule has 2 aromatic rings. The second-order valence-corrected chi connectivity index (χ2v) is 4.01. The fraction of sp³-hybridized carbons (Fsp3) is 0.333. The van der Waals surface area contributed by atoms with Crippen molar-refractivity contribution in [3.63, 3.8) is 0 Å². The summed E-state index contributed by atoms with van der Waals surface area (Å²) in [6.45, 7) is 7.83. The van der Waals surface area contributed by atoms with E-state index in [9.17, 15) is 0 Å². The molecule has 0 fully saturated rings. The average Bonchev–Trinajstić information content (AvgIpc) is 2.59. The van der Waals surface area contributed by atoms with Gasteiger partial charge < -0.3 is 5.32 Å². The molecule has 0 aliphatic rings. The van der Waals surface area contributed by atoms with Gasteiger partial charge in [0.25, 0.3) is 0 Å². The van der Waals surface area contributed by atoms with Gasteiger partial charge in [0.1, 0.15) is 0 Å². The molecule has 16 heavy (non-hydrogen) atoms. The van der Waals surface area contributed by atoms with Gasteiger partial charge in [-0.3, -0.25) is 0 Å². The standard InChI is InChI=1S/C12H16N4/c1-4-5-10(3)13-12-14-11-7-6-9(2)8-16(11)15-12/h4,6-8,10H,1,5H2,2-3H3,(H,13,15). The highest BCUT2D eigenvalue weighted by atomic mass is 15.3. The van der Waals surface area contributed by atoms with Crippen LogP contribution in [0.1, 0.15) is 18.9 Å². The molecule has 2 aromatic heterocycles. The van der Waals surface area contributed by atoms with E-state index in [4.69, 9.17) is 0 Å². The molecule has 1 unspecified atom stereocenters. The highest BCUT2D eigenvalue weighted by Gasteiger charge is 2.05. The van der Waals surface area contributed by atoms with E-state index in [1.807, 2.05) is 31.3 Å². The first kappa shape index (κ1) is 10.7. The Bertz CT molecular complexity index is 501. The van der Waals surface area contributed by atoms with Crippen LogP contribution in [0, 0.1) is 6.92 Å². The lowest BCUT2D eigenvalue weighted by molar-refractivity contribution is 0.796. The summed E-state index contributed by atoms with van der Waals surface area (Å²) in [7, 11) is 0. The van der Waals surface area contributed by atoms with Crippen LogP contribution in [0.2, 0.25) is 0 Å². The van der Waals surface area contributed by atoms with E-state index in [-0.39, 0.29) is 0 Å². The first-order valence-electron chi connectivity index (χ1n) is 5.39. The van der Waals surface area contributed by atoms with Crippen LogP contribution in [-0.4, -0.2) is 20.6 Å². The lowest BCUT2D eigenvalue weighted by atomic mass is 10.2. The number of nitrogens with zero attached hydrogens (tertiary/aromatic N) is 3. The lowest BCUT2D eigenvalue weighted by Gasteiger charge is -2.08. The van der Waals surface area contributed by atoms with Crippen LogP contribution in [-0.2, 0) is 0 Å². The molecule has 0 radical (unpaired) electrons. The van der Waals surface area contributed by atoms with E-state index >= 15 is 0 Å². The third-order valence-corrected chi connectivity index (χ3v) is 2.37. The van der Waals surface area contributed by atoms with E-state index in [1.165, 1.54) is 5.56 Å². The number of rotatable bonds is 4. The van der Waals surface area contributed by atoms with Crippen LogP contribution in [0.15, 0.2) is 31.0 Å². The van der Waals surface area contributed by atoms with Gasteiger partial charge in [0.05, 0.1) is 0 Å². The van der Waals surface area contributed by atoms with Crippen molar-refractivity contribution >= 4 is 11.6 Å². The van der Waals surface area contributed by atoms with Gasteiger partial charge in [-0.25, -0.2) is 4.52 Å². The van der Waals surface area contributed by atoms with Crippen molar-refractivity contribution in [2.45, 2.75) is 26.3 Å². The molecule has 0 aliphatic heterocycles. The van der Waals surface area contributed by atoms with Crippen LogP contribution in [0.4, 0.5) is 5.95 Å². The average molecular weight is 216 g/mol. The second kappa shape index (κ2) is 4.35. The monoisotopic (exact) mass is 216 g/mol. The van der Waals surface area contributed by atoms with Gasteiger partial charge in [0.15, 0.2) is 5.65 Å². The maximum Gasteiger partial charge on any atom is 0.243 e. The molecule has 2 heterocycles. The highest BCUT2D eigenvalue weighted by molar-refractivity contribution is 5.44. The molecule has 4 nitrogen and oxygen atoms in total. The molecule has 4 heteroatoms. The summed E-state index contributed by atoms with van der Waals surface area (Å²) in [6, 6.07) is 4.29. The summed E-state index contributed by atoms with van der Waals surface area (Å²) in [6.07, 6.45) is 4.75. The minimum Gasteiger partial charge on any atom is -0.350 e. The number of anilines is 1. The molecule has 0 aromatic carbocycles. The zero-order chi connectivity index (χ0) is 11.5. The Morgan fingerprint density at radius 2 is 2.38 bits per heavy atom. The SMILES string of the molecule is C=CCC(C)Nc1nc2ccc(C)cn2n1. The fourth-order valence-corrected chi connectivity index (χ4v) is 1.58.